The van der Waals surface area contributed by atoms with E-state index in [4.69, 9.17) is 28.4 Å². The van der Waals surface area contributed by atoms with E-state index >= 15 is 0 Å². The van der Waals surface area contributed by atoms with E-state index in [1.807, 2.05) is 55.5 Å². The summed E-state index contributed by atoms with van der Waals surface area (Å²) in [5.41, 5.74) is 2.18. The number of carbonyl (C=O) groups is 1. The van der Waals surface area contributed by atoms with Crippen molar-refractivity contribution in [3.8, 4) is 0 Å². The zero-order chi connectivity index (χ0) is 30.1. The molecule has 0 unspecified atom stereocenters. The SMILES string of the molecule is CC(=O)C[C@@H]1O[C@@H]2[C@@H](C)[C@H](O)[C@@H]3O[C@]4(C[C@H](OCc5ccccc5)CO4)[C@@H](C)[C@H](C)[C@H]3O[C@H]2C[C@H]1OCc1ccccc1. The van der Waals surface area contributed by atoms with Crippen LogP contribution in [0.1, 0.15) is 58.1 Å². The van der Waals surface area contributed by atoms with Gasteiger partial charge < -0.3 is 33.5 Å². The number of fused-ring (bicyclic) bond motifs is 2. The van der Waals surface area contributed by atoms with Gasteiger partial charge in [0.15, 0.2) is 5.79 Å². The van der Waals surface area contributed by atoms with E-state index < -0.39 is 30.2 Å². The second-order valence-electron chi connectivity index (χ2n) is 13.1. The first kappa shape index (κ1) is 30.8. The number of ketones is 1. The van der Waals surface area contributed by atoms with Crippen LogP contribution in [0.5, 0.6) is 0 Å². The lowest BCUT2D eigenvalue weighted by atomic mass is 9.76. The molecule has 0 amide bonds. The maximum Gasteiger partial charge on any atom is 0.174 e. The summed E-state index contributed by atoms with van der Waals surface area (Å²) < 4.78 is 39.3. The van der Waals surface area contributed by atoms with E-state index in [-0.39, 0.29) is 54.4 Å². The highest BCUT2D eigenvalue weighted by Gasteiger charge is 2.61. The van der Waals surface area contributed by atoms with E-state index in [0.717, 1.165) is 11.1 Å². The molecule has 0 saturated carbocycles. The molecule has 0 aliphatic carbocycles. The maximum atomic E-state index is 12.2. The number of Topliss-reactive ketones (excluding diaryl/α,β-unsaturated/α-hetero) is 1. The van der Waals surface area contributed by atoms with Crippen molar-refractivity contribution in [3.05, 3.63) is 71.8 Å². The Balaban J connectivity index is 1.17. The average molecular weight is 595 g/mol. The van der Waals surface area contributed by atoms with Gasteiger partial charge in [-0.05, 0) is 24.0 Å². The molecule has 234 valence electrons. The van der Waals surface area contributed by atoms with Crippen LogP contribution in [0.3, 0.4) is 0 Å². The van der Waals surface area contributed by atoms with Gasteiger partial charge in [-0.2, -0.15) is 0 Å². The lowest BCUT2D eigenvalue weighted by Gasteiger charge is -2.50. The summed E-state index contributed by atoms with van der Waals surface area (Å²) in [6.45, 7) is 9.26. The minimum Gasteiger partial charge on any atom is -0.390 e. The summed E-state index contributed by atoms with van der Waals surface area (Å²) in [5, 5.41) is 11.8. The molecule has 8 heteroatoms. The van der Waals surface area contributed by atoms with Gasteiger partial charge in [0.25, 0.3) is 0 Å². The van der Waals surface area contributed by atoms with Crippen molar-refractivity contribution in [2.75, 3.05) is 6.61 Å². The fourth-order valence-electron chi connectivity index (χ4n) is 7.42. The maximum absolute atomic E-state index is 12.2. The van der Waals surface area contributed by atoms with E-state index in [2.05, 4.69) is 26.0 Å². The van der Waals surface area contributed by atoms with Gasteiger partial charge in [0.1, 0.15) is 11.9 Å². The fraction of sp³-hybridized carbons (Fsp3) is 0.629. The summed E-state index contributed by atoms with van der Waals surface area (Å²) in [7, 11) is 0. The Kier molecular flexibility index (Phi) is 9.36. The van der Waals surface area contributed by atoms with E-state index in [1.165, 1.54) is 0 Å². The Bertz CT molecular complexity index is 1210. The molecule has 12 atom stereocenters. The summed E-state index contributed by atoms with van der Waals surface area (Å²) in [6, 6.07) is 20.1. The van der Waals surface area contributed by atoms with Crippen molar-refractivity contribution in [1.29, 1.82) is 0 Å². The first-order valence-corrected chi connectivity index (χ1v) is 15.9. The first-order chi connectivity index (χ1) is 20.7. The topological polar surface area (TPSA) is 92.7 Å². The first-order valence-electron chi connectivity index (χ1n) is 15.9. The molecule has 1 N–H and O–H groups in total. The molecule has 4 aliphatic rings. The highest BCUT2D eigenvalue weighted by atomic mass is 16.7. The van der Waals surface area contributed by atoms with E-state index in [9.17, 15) is 9.90 Å². The molecule has 4 fully saturated rings. The second kappa shape index (κ2) is 13.1. The number of ether oxygens (including phenoxy) is 6. The Morgan fingerprint density at radius 2 is 1.53 bits per heavy atom. The van der Waals surface area contributed by atoms with Crippen LogP contribution in [-0.4, -0.2) is 72.1 Å². The van der Waals surface area contributed by atoms with Crippen molar-refractivity contribution in [2.24, 2.45) is 17.8 Å². The van der Waals surface area contributed by atoms with Crippen LogP contribution in [0, 0.1) is 17.8 Å². The van der Waals surface area contributed by atoms with Crippen LogP contribution in [-0.2, 0) is 46.4 Å². The summed E-state index contributed by atoms with van der Waals surface area (Å²) >= 11 is 0. The molecule has 1 spiro atoms. The molecule has 4 saturated heterocycles. The van der Waals surface area contributed by atoms with Crippen molar-refractivity contribution >= 4 is 5.78 Å². The second-order valence-corrected chi connectivity index (χ2v) is 13.1. The number of hydrogen-bond donors (Lipinski definition) is 1. The summed E-state index contributed by atoms with van der Waals surface area (Å²) in [6.07, 6.45) is -1.86. The predicted octanol–water partition coefficient (Wildman–Crippen LogP) is 4.85. The highest BCUT2D eigenvalue weighted by molar-refractivity contribution is 5.76. The molecule has 0 radical (unpaired) electrons. The van der Waals surface area contributed by atoms with Gasteiger partial charge in [0.2, 0.25) is 0 Å². The number of rotatable bonds is 8. The third-order valence-corrected chi connectivity index (χ3v) is 10.1. The zero-order valence-corrected chi connectivity index (χ0v) is 25.7. The molecule has 0 aromatic heterocycles. The zero-order valence-electron chi connectivity index (χ0n) is 25.7. The van der Waals surface area contributed by atoms with Crippen LogP contribution in [0.4, 0.5) is 0 Å². The normalized spacial score (nSPS) is 40.9. The van der Waals surface area contributed by atoms with Crippen molar-refractivity contribution in [2.45, 2.75) is 115 Å². The molecular weight excluding hydrogens is 548 g/mol. The van der Waals surface area contributed by atoms with Crippen molar-refractivity contribution < 1.29 is 38.3 Å². The van der Waals surface area contributed by atoms with Crippen molar-refractivity contribution in [1.82, 2.24) is 0 Å². The third-order valence-electron chi connectivity index (χ3n) is 10.1. The molecular formula is C35H46O8. The smallest absolute Gasteiger partial charge is 0.174 e. The van der Waals surface area contributed by atoms with Crippen LogP contribution >= 0.6 is 0 Å². The van der Waals surface area contributed by atoms with Gasteiger partial charge in [-0.3, -0.25) is 4.79 Å². The van der Waals surface area contributed by atoms with Crippen LogP contribution < -0.4 is 0 Å². The Labute approximate surface area is 254 Å². The molecule has 4 aliphatic heterocycles. The average Bonchev–Trinajstić information content (AvgIpc) is 3.39. The summed E-state index contributed by atoms with van der Waals surface area (Å²) in [4.78, 5) is 12.2. The third kappa shape index (κ3) is 6.47. The monoisotopic (exact) mass is 594 g/mol. The number of carbonyl (C=O) groups excluding carboxylic acids is 1. The quantitative estimate of drug-likeness (QED) is 0.464. The molecule has 4 heterocycles. The Morgan fingerprint density at radius 1 is 0.884 bits per heavy atom. The van der Waals surface area contributed by atoms with Crippen LogP contribution in [0.2, 0.25) is 0 Å². The fourth-order valence-corrected chi connectivity index (χ4v) is 7.42. The van der Waals surface area contributed by atoms with Gasteiger partial charge in [0.05, 0.1) is 62.5 Å². The molecule has 8 nitrogen and oxygen atoms in total. The van der Waals surface area contributed by atoms with Crippen LogP contribution in [0.15, 0.2) is 60.7 Å². The lowest BCUT2D eigenvalue weighted by molar-refractivity contribution is -0.338. The molecule has 43 heavy (non-hydrogen) atoms. The van der Waals surface area contributed by atoms with Gasteiger partial charge in [-0.25, -0.2) is 0 Å². The van der Waals surface area contributed by atoms with Gasteiger partial charge in [-0.15, -0.1) is 0 Å². The summed E-state index contributed by atoms with van der Waals surface area (Å²) in [5.74, 6) is -1.04. The minimum absolute atomic E-state index is 0.0122. The minimum atomic E-state index is -0.860. The molecule has 2 aromatic rings. The van der Waals surface area contributed by atoms with Crippen LogP contribution in [0.25, 0.3) is 0 Å². The lowest BCUT2D eigenvalue weighted by Crippen LogP contribution is -2.61. The number of aliphatic hydroxyl groups excluding tert-OH is 1. The van der Waals surface area contributed by atoms with Gasteiger partial charge in [0, 0.05) is 31.1 Å². The molecule has 6 rings (SSSR count). The standard InChI is InChI=1S/C35H46O8/c1-21(36)15-29-28(39-19-26-13-9-6-10-14-26)16-30-32(41-29)23(3)31(37)34-33(42-30)22(2)24(4)35(43-34)17-27(20-40-35)38-18-25-11-7-5-8-12-25/h5-14,22-24,27-34,37H,15-20H2,1-4H3/t22-,23-,24-,27-,28+,29-,30-,31-,32+,33+,34-,35+/m0/s1. The van der Waals surface area contributed by atoms with Crippen molar-refractivity contribution in [3.63, 3.8) is 0 Å². The largest absolute Gasteiger partial charge is 0.390 e. The van der Waals surface area contributed by atoms with E-state index in [1.54, 1.807) is 6.92 Å². The Morgan fingerprint density at radius 3 is 2.19 bits per heavy atom. The Hall–Kier alpha value is -2.17. The molecule has 2 aromatic carbocycles. The number of benzene rings is 2. The number of hydrogen-bond acceptors (Lipinski definition) is 8. The highest BCUT2D eigenvalue weighted by Crippen LogP contribution is 2.50. The van der Waals surface area contributed by atoms with Gasteiger partial charge in [-0.1, -0.05) is 81.4 Å². The number of aliphatic hydroxyl groups is 1. The van der Waals surface area contributed by atoms with Gasteiger partial charge >= 0.3 is 0 Å². The predicted molar refractivity (Wildman–Crippen MR) is 159 cm³/mol. The van der Waals surface area contributed by atoms with E-state index in [0.29, 0.717) is 32.7 Å². The molecule has 0 bridgehead atoms.